The van der Waals surface area contributed by atoms with E-state index in [0.29, 0.717) is 6.04 Å². The van der Waals surface area contributed by atoms with Crippen LogP contribution < -0.4 is 5.73 Å². The van der Waals surface area contributed by atoms with Crippen molar-refractivity contribution in [1.82, 2.24) is 9.47 Å². The van der Waals surface area contributed by atoms with E-state index in [0.717, 1.165) is 5.69 Å². The van der Waals surface area contributed by atoms with Crippen LogP contribution >= 0.6 is 0 Å². The summed E-state index contributed by atoms with van der Waals surface area (Å²) >= 11 is 0. The van der Waals surface area contributed by atoms with Gasteiger partial charge in [0.05, 0.1) is 5.52 Å². The fourth-order valence-electron chi connectivity index (χ4n) is 2.80. The van der Waals surface area contributed by atoms with Crippen LogP contribution in [0.25, 0.3) is 10.9 Å². The van der Waals surface area contributed by atoms with Crippen LogP contribution in [0.2, 0.25) is 0 Å². The third-order valence-electron chi connectivity index (χ3n) is 3.88. The van der Waals surface area contributed by atoms with E-state index < -0.39 is 0 Å². The molecule has 3 rings (SSSR count). The highest BCUT2D eigenvalue weighted by Gasteiger charge is 2.19. The molecule has 0 bridgehead atoms. The molecule has 0 saturated carbocycles. The summed E-state index contributed by atoms with van der Waals surface area (Å²) in [6.45, 7) is 2.37. The van der Waals surface area contributed by atoms with Crippen LogP contribution in [0.15, 0.2) is 30.5 Å². The Morgan fingerprint density at radius 3 is 2.71 bits per heavy atom. The van der Waals surface area contributed by atoms with Crippen LogP contribution in [0.3, 0.4) is 0 Å². The average molecular weight is 229 g/mol. The van der Waals surface area contributed by atoms with Gasteiger partial charge in [0.25, 0.3) is 0 Å². The molecule has 0 unspecified atom stereocenters. The minimum Gasteiger partial charge on any atom is -0.398 e. The van der Waals surface area contributed by atoms with E-state index in [1.54, 1.807) is 0 Å². The van der Waals surface area contributed by atoms with Crippen LogP contribution in [0.4, 0.5) is 5.69 Å². The second kappa shape index (κ2) is 4.08. The predicted molar refractivity (Wildman–Crippen MR) is 72.1 cm³/mol. The fourth-order valence-corrected chi connectivity index (χ4v) is 2.80. The first-order valence-corrected chi connectivity index (χ1v) is 6.29. The van der Waals surface area contributed by atoms with E-state index in [9.17, 15) is 0 Å². The van der Waals surface area contributed by atoms with Gasteiger partial charge in [-0.3, -0.25) is 0 Å². The van der Waals surface area contributed by atoms with Gasteiger partial charge in [0.1, 0.15) is 0 Å². The molecular weight excluding hydrogens is 210 g/mol. The summed E-state index contributed by atoms with van der Waals surface area (Å²) in [5.74, 6) is 0. The maximum atomic E-state index is 6.00. The Labute approximate surface area is 102 Å². The molecule has 0 amide bonds. The van der Waals surface area contributed by atoms with E-state index >= 15 is 0 Å². The number of rotatable bonds is 1. The molecule has 0 spiro atoms. The maximum absolute atomic E-state index is 6.00. The number of fused-ring (bicyclic) bond motifs is 1. The molecule has 2 aromatic rings. The Kier molecular flexibility index (Phi) is 2.56. The fraction of sp³-hybridized carbons (Fsp3) is 0.429. The molecule has 1 aromatic carbocycles. The van der Waals surface area contributed by atoms with Gasteiger partial charge in [0.2, 0.25) is 0 Å². The zero-order chi connectivity index (χ0) is 11.8. The third-order valence-corrected chi connectivity index (χ3v) is 3.88. The molecule has 1 aromatic heterocycles. The van der Waals surface area contributed by atoms with E-state index in [4.69, 9.17) is 5.73 Å². The Morgan fingerprint density at radius 2 is 1.94 bits per heavy atom. The summed E-state index contributed by atoms with van der Waals surface area (Å²) < 4.78 is 2.40. The van der Waals surface area contributed by atoms with Gasteiger partial charge in [-0.1, -0.05) is 6.07 Å². The van der Waals surface area contributed by atoms with Crippen LogP contribution in [0, 0.1) is 0 Å². The minimum absolute atomic E-state index is 0.630. The Morgan fingerprint density at radius 1 is 1.18 bits per heavy atom. The molecule has 1 fully saturated rings. The van der Waals surface area contributed by atoms with Crippen molar-refractivity contribution in [2.24, 2.45) is 0 Å². The standard InChI is InChI=1S/C14H19N3/c1-16-8-5-11(6-9-16)17-10-7-12-13(15)3-2-4-14(12)17/h2-4,7,10-11H,5-6,8-9,15H2,1H3. The number of anilines is 1. The van der Waals surface area contributed by atoms with Gasteiger partial charge in [-0.15, -0.1) is 0 Å². The van der Waals surface area contributed by atoms with Gasteiger partial charge >= 0.3 is 0 Å². The van der Waals surface area contributed by atoms with Gasteiger partial charge < -0.3 is 15.2 Å². The summed E-state index contributed by atoms with van der Waals surface area (Å²) in [6, 6.07) is 8.96. The van der Waals surface area contributed by atoms with E-state index in [-0.39, 0.29) is 0 Å². The first-order valence-electron chi connectivity index (χ1n) is 6.29. The lowest BCUT2D eigenvalue weighted by Crippen LogP contribution is -2.31. The number of likely N-dealkylation sites (tertiary alicyclic amines) is 1. The monoisotopic (exact) mass is 229 g/mol. The molecule has 0 radical (unpaired) electrons. The highest BCUT2D eigenvalue weighted by atomic mass is 15.1. The van der Waals surface area contributed by atoms with Crippen LogP contribution in [-0.2, 0) is 0 Å². The lowest BCUT2D eigenvalue weighted by atomic mass is 10.1. The summed E-state index contributed by atoms with van der Waals surface area (Å²) in [6.07, 6.45) is 4.65. The summed E-state index contributed by atoms with van der Waals surface area (Å²) in [7, 11) is 2.20. The summed E-state index contributed by atoms with van der Waals surface area (Å²) in [4.78, 5) is 2.40. The van der Waals surface area contributed by atoms with E-state index in [2.05, 4.69) is 34.8 Å². The molecule has 0 aliphatic carbocycles. The molecular formula is C14H19N3. The molecule has 17 heavy (non-hydrogen) atoms. The zero-order valence-electron chi connectivity index (χ0n) is 10.3. The normalized spacial score (nSPS) is 18.9. The van der Waals surface area contributed by atoms with Crippen molar-refractivity contribution in [3.63, 3.8) is 0 Å². The molecule has 3 nitrogen and oxygen atoms in total. The quantitative estimate of drug-likeness (QED) is 0.762. The molecule has 1 aliphatic rings. The highest BCUT2D eigenvalue weighted by molar-refractivity contribution is 5.91. The highest BCUT2D eigenvalue weighted by Crippen LogP contribution is 2.29. The Hall–Kier alpha value is -1.48. The van der Waals surface area contributed by atoms with Gasteiger partial charge in [-0.2, -0.15) is 0 Å². The summed E-state index contributed by atoms with van der Waals surface area (Å²) in [5.41, 5.74) is 8.16. The van der Waals surface area contributed by atoms with Crippen molar-refractivity contribution < 1.29 is 0 Å². The van der Waals surface area contributed by atoms with Crippen LogP contribution in [-0.4, -0.2) is 29.6 Å². The minimum atomic E-state index is 0.630. The number of nitrogens with zero attached hydrogens (tertiary/aromatic N) is 2. The number of hydrogen-bond donors (Lipinski definition) is 1. The zero-order valence-corrected chi connectivity index (χ0v) is 10.3. The molecule has 2 N–H and O–H groups in total. The van der Waals surface area contributed by atoms with Crippen molar-refractivity contribution in [3.8, 4) is 0 Å². The first-order chi connectivity index (χ1) is 8.25. The van der Waals surface area contributed by atoms with Crippen LogP contribution in [0.5, 0.6) is 0 Å². The SMILES string of the molecule is CN1CCC(n2ccc3c(N)cccc32)CC1. The molecule has 0 atom stereocenters. The van der Waals surface area contributed by atoms with Gasteiger partial charge in [0, 0.05) is 23.3 Å². The van der Waals surface area contributed by atoms with Crippen molar-refractivity contribution in [3.05, 3.63) is 30.5 Å². The lowest BCUT2D eigenvalue weighted by Gasteiger charge is -2.30. The molecule has 1 aliphatic heterocycles. The number of aromatic nitrogens is 1. The number of nitrogen functional groups attached to an aromatic ring is 1. The van der Waals surface area contributed by atoms with Gasteiger partial charge in [-0.05, 0) is 51.2 Å². The van der Waals surface area contributed by atoms with Crippen molar-refractivity contribution in [2.45, 2.75) is 18.9 Å². The molecule has 90 valence electrons. The summed E-state index contributed by atoms with van der Waals surface area (Å²) in [5, 5.41) is 1.19. The second-order valence-electron chi connectivity index (χ2n) is 5.04. The number of benzene rings is 1. The number of nitrogens with two attached hydrogens (primary N) is 1. The smallest absolute Gasteiger partial charge is 0.0503 e. The number of piperidine rings is 1. The topological polar surface area (TPSA) is 34.2 Å². The first kappa shape index (κ1) is 10.7. The van der Waals surface area contributed by atoms with Gasteiger partial charge in [0.15, 0.2) is 0 Å². The average Bonchev–Trinajstić information content (AvgIpc) is 2.75. The maximum Gasteiger partial charge on any atom is 0.0503 e. The second-order valence-corrected chi connectivity index (χ2v) is 5.04. The Balaban J connectivity index is 1.98. The number of hydrogen-bond acceptors (Lipinski definition) is 2. The lowest BCUT2D eigenvalue weighted by molar-refractivity contribution is 0.224. The molecule has 3 heteroatoms. The van der Waals surface area contributed by atoms with Crippen LogP contribution in [0.1, 0.15) is 18.9 Å². The Bertz CT molecular complexity index is 521. The molecule has 1 saturated heterocycles. The third kappa shape index (κ3) is 1.80. The van der Waals surface area contributed by atoms with E-state index in [1.165, 1.54) is 36.8 Å². The molecule has 2 heterocycles. The largest absolute Gasteiger partial charge is 0.398 e. The van der Waals surface area contributed by atoms with Gasteiger partial charge in [-0.25, -0.2) is 0 Å². The van der Waals surface area contributed by atoms with E-state index in [1.807, 2.05) is 12.1 Å². The van der Waals surface area contributed by atoms with Crippen molar-refractivity contribution >= 4 is 16.6 Å². The predicted octanol–water partition coefficient (Wildman–Crippen LogP) is 2.49. The van der Waals surface area contributed by atoms with Crippen molar-refractivity contribution in [1.29, 1.82) is 0 Å². The van der Waals surface area contributed by atoms with Crippen molar-refractivity contribution in [2.75, 3.05) is 25.9 Å².